The van der Waals surface area contributed by atoms with Crippen molar-refractivity contribution in [2.75, 3.05) is 17.1 Å². The van der Waals surface area contributed by atoms with E-state index < -0.39 is 16.1 Å². The van der Waals surface area contributed by atoms with Gasteiger partial charge in [0.05, 0.1) is 17.0 Å². The van der Waals surface area contributed by atoms with Crippen molar-refractivity contribution in [3.05, 3.63) is 63.6 Å². The molecule has 0 fully saturated rings. The molecule has 1 amide bonds. The third-order valence-electron chi connectivity index (χ3n) is 4.65. The number of hydrogen-bond donors (Lipinski definition) is 0. The molecule has 1 aliphatic heterocycles. The molecule has 2 aromatic carbocycles. The quantitative estimate of drug-likeness (QED) is 0.747. The summed E-state index contributed by atoms with van der Waals surface area (Å²) in [6, 6.07) is 11.6. The molecule has 5 nitrogen and oxygen atoms in total. The first kappa shape index (κ1) is 20.0. The average Bonchev–Trinajstić information content (AvgIpc) is 2.62. The molecule has 0 radical (unpaired) electrons. The van der Waals surface area contributed by atoms with Crippen LogP contribution < -0.4 is 4.31 Å². The molecular weight excluding hydrogens is 407 g/mol. The van der Waals surface area contributed by atoms with Gasteiger partial charge in [0.25, 0.3) is 0 Å². The molecule has 1 atom stereocenters. The van der Waals surface area contributed by atoms with Crippen molar-refractivity contribution in [1.29, 1.82) is 0 Å². The van der Waals surface area contributed by atoms with Crippen LogP contribution in [0.5, 0.6) is 0 Å². The highest BCUT2D eigenvalue weighted by Gasteiger charge is 2.34. The first-order valence-corrected chi connectivity index (χ1v) is 11.1. The lowest BCUT2D eigenvalue weighted by atomic mass is 9.99. The number of amides is 1. The van der Waals surface area contributed by atoms with E-state index in [4.69, 9.17) is 23.2 Å². The number of halogens is 2. The Morgan fingerprint density at radius 3 is 2.48 bits per heavy atom. The van der Waals surface area contributed by atoms with Crippen LogP contribution >= 0.6 is 23.2 Å². The predicted molar refractivity (Wildman–Crippen MR) is 109 cm³/mol. The molecule has 27 heavy (non-hydrogen) atoms. The summed E-state index contributed by atoms with van der Waals surface area (Å²) >= 11 is 12.2. The Hall–Kier alpha value is -1.76. The number of sulfonamides is 1. The summed E-state index contributed by atoms with van der Waals surface area (Å²) in [5.74, 6) is -0.272. The SMILES string of the molecule is C[C@H](C(=O)N1CCc2ccccc2C1)N(c1cc(Cl)ccc1Cl)S(C)(=O)=O. The topological polar surface area (TPSA) is 57.7 Å². The molecule has 1 aliphatic rings. The van der Waals surface area contributed by atoms with E-state index in [1.54, 1.807) is 17.9 Å². The predicted octanol–water partition coefficient (Wildman–Crippen LogP) is 3.73. The van der Waals surface area contributed by atoms with Gasteiger partial charge in [-0.3, -0.25) is 9.10 Å². The maximum absolute atomic E-state index is 13.1. The highest BCUT2D eigenvalue weighted by molar-refractivity contribution is 7.92. The first-order valence-electron chi connectivity index (χ1n) is 8.48. The number of fused-ring (bicyclic) bond motifs is 1. The Bertz CT molecular complexity index is 979. The van der Waals surface area contributed by atoms with E-state index in [0.29, 0.717) is 18.1 Å². The van der Waals surface area contributed by atoms with Crippen molar-refractivity contribution in [3.8, 4) is 0 Å². The van der Waals surface area contributed by atoms with E-state index in [0.717, 1.165) is 22.5 Å². The second kappa shape index (κ2) is 7.70. The van der Waals surface area contributed by atoms with Gasteiger partial charge < -0.3 is 4.90 Å². The molecule has 0 aliphatic carbocycles. The van der Waals surface area contributed by atoms with Gasteiger partial charge in [0.2, 0.25) is 15.9 Å². The summed E-state index contributed by atoms with van der Waals surface area (Å²) < 4.78 is 26.0. The minimum absolute atomic E-state index is 0.199. The van der Waals surface area contributed by atoms with Gasteiger partial charge in [-0.15, -0.1) is 0 Å². The lowest BCUT2D eigenvalue weighted by Crippen LogP contribution is -2.50. The number of anilines is 1. The summed E-state index contributed by atoms with van der Waals surface area (Å²) in [6.45, 7) is 2.57. The van der Waals surface area contributed by atoms with Crippen molar-refractivity contribution in [2.45, 2.75) is 25.9 Å². The molecular formula is C19H20Cl2N2O3S. The summed E-state index contributed by atoms with van der Waals surface area (Å²) in [5.41, 5.74) is 2.49. The summed E-state index contributed by atoms with van der Waals surface area (Å²) in [6.07, 6.45) is 1.80. The molecule has 8 heteroatoms. The van der Waals surface area contributed by atoms with Crippen LogP contribution in [0.2, 0.25) is 10.0 Å². The maximum Gasteiger partial charge on any atom is 0.246 e. The highest BCUT2D eigenvalue weighted by Crippen LogP contribution is 2.33. The van der Waals surface area contributed by atoms with Gasteiger partial charge in [-0.05, 0) is 42.7 Å². The molecule has 3 rings (SSSR count). The number of rotatable bonds is 4. The van der Waals surface area contributed by atoms with E-state index in [2.05, 4.69) is 6.07 Å². The monoisotopic (exact) mass is 426 g/mol. The molecule has 0 saturated carbocycles. The normalized spacial score (nSPS) is 15.2. The van der Waals surface area contributed by atoms with Gasteiger partial charge in [-0.1, -0.05) is 47.5 Å². The second-order valence-corrected chi connectivity index (χ2v) is 9.31. The molecule has 2 aromatic rings. The molecule has 0 bridgehead atoms. The minimum Gasteiger partial charge on any atom is -0.336 e. The Kier molecular flexibility index (Phi) is 5.70. The van der Waals surface area contributed by atoms with E-state index in [1.807, 2.05) is 18.2 Å². The third kappa shape index (κ3) is 4.23. The van der Waals surface area contributed by atoms with Gasteiger partial charge in [-0.25, -0.2) is 8.42 Å². The number of carbonyl (C=O) groups excluding carboxylic acids is 1. The lowest BCUT2D eigenvalue weighted by molar-refractivity contribution is -0.132. The standard InChI is InChI=1S/C19H20Cl2N2O3S/c1-13(19(24)22-10-9-14-5-3-4-6-15(14)12-22)23(27(2,25)26)18-11-16(20)7-8-17(18)21/h3-8,11,13H,9-10,12H2,1-2H3/t13-/m1/s1. The summed E-state index contributed by atoms with van der Waals surface area (Å²) in [4.78, 5) is 14.8. The molecule has 0 unspecified atom stereocenters. The zero-order valence-corrected chi connectivity index (χ0v) is 17.4. The van der Waals surface area contributed by atoms with Crippen molar-refractivity contribution >= 4 is 44.8 Å². The number of carbonyl (C=O) groups is 1. The van der Waals surface area contributed by atoms with Crippen LogP contribution in [0.4, 0.5) is 5.69 Å². The smallest absolute Gasteiger partial charge is 0.246 e. The fourth-order valence-corrected chi connectivity index (χ4v) is 4.98. The van der Waals surface area contributed by atoms with Crippen molar-refractivity contribution in [1.82, 2.24) is 4.90 Å². The zero-order valence-electron chi connectivity index (χ0n) is 15.0. The first-order chi connectivity index (χ1) is 12.7. The Morgan fingerprint density at radius 1 is 1.15 bits per heavy atom. The van der Waals surface area contributed by atoms with E-state index >= 15 is 0 Å². The van der Waals surface area contributed by atoms with Crippen LogP contribution in [0, 0.1) is 0 Å². The molecule has 0 N–H and O–H groups in total. The van der Waals surface area contributed by atoms with Gasteiger partial charge in [0.1, 0.15) is 6.04 Å². The van der Waals surface area contributed by atoms with Crippen LogP contribution in [-0.2, 0) is 27.8 Å². The third-order valence-corrected chi connectivity index (χ3v) is 6.44. The summed E-state index contributed by atoms with van der Waals surface area (Å²) in [7, 11) is -3.76. The minimum atomic E-state index is -3.76. The van der Waals surface area contributed by atoms with E-state index in [1.165, 1.54) is 17.7 Å². The largest absolute Gasteiger partial charge is 0.336 e. The Labute approximate surface area is 169 Å². The Morgan fingerprint density at radius 2 is 1.81 bits per heavy atom. The van der Waals surface area contributed by atoms with Crippen molar-refractivity contribution in [2.24, 2.45) is 0 Å². The number of hydrogen-bond acceptors (Lipinski definition) is 3. The van der Waals surface area contributed by atoms with Gasteiger partial charge >= 0.3 is 0 Å². The van der Waals surface area contributed by atoms with Crippen LogP contribution in [0.25, 0.3) is 0 Å². The van der Waals surface area contributed by atoms with Crippen molar-refractivity contribution in [3.63, 3.8) is 0 Å². The second-order valence-electron chi connectivity index (χ2n) is 6.61. The average molecular weight is 427 g/mol. The zero-order chi connectivity index (χ0) is 19.8. The molecule has 0 aromatic heterocycles. The van der Waals surface area contributed by atoms with E-state index in [9.17, 15) is 13.2 Å². The number of nitrogens with zero attached hydrogens (tertiary/aromatic N) is 2. The van der Waals surface area contributed by atoms with Crippen LogP contribution in [0.1, 0.15) is 18.1 Å². The van der Waals surface area contributed by atoms with Crippen LogP contribution in [-0.4, -0.2) is 38.1 Å². The molecule has 0 saturated heterocycles. The Balaban J connectivity index is 1.92. The molecule has 144 valence electrons. The molecule has 1 heterocycles. The van der Waals surface area contributed by atoms with Crippen LogP contribution in [0.3, 0.4) is 0 Å². The molecule has 0 spiro atoms. The fraction of sp³-hybridized carbons (Fsp3) is 0.316. The van der Waals surface area contributed by atoms with Crippen LogP contribution in [0.15, 0.2) is 42.5 Å². The van der Waals surface area contributed by atoms with E-state index in [-0.39, 0.29) is 16.6 Å². The highest BCUT2D eigenvalue weighted by atomic mass is 35.5. The number of benzene rings is 2. The van der Waals surface area contributed by atoms with Crippen molar-refractivity contribution < 1.29 is 13.2 Å². The van der Waals surface area contributed by atoms with Gasteiger partial charge in [0.15, 0.2) is 0 Å². The lowest BCUT2D eigenvalue weighted by Gasteiger charge is -2.35. The van der Waals surface area contributed by atoms with Gasteiger partial charge in [0, 0.05) is 18.1 Å². The fourth-order valence-electron chi connectivity index (χ4n) is 3.38. The maximum atomic E-state index is 13.1. The summed E-state index contributed by atoms with van der Waals surface area (Å²) in [5, 5.41) is 0.558. The van der Waals surface area contributed by atoms with Gasteiger partial charge in [-0.2, -0.15) is 0 Å².